The van der Waals surface area contributed by atoms with Crippen LogP contribution in [-0.2, 0) is 9.59 Å². The summed E-state index contributed by atoms with van der Waals surface area (Å²) in [7, 11) is 1.51. The summed E-state index contributed by atoms with van der Waals surface area (Å²) in [6.45, 7) is 0. The smallest absolute Gasteiger partial charge is 0.318 e. The monoisotopic (exact) mass is 245 g/mol. The molecule has 0 unspecified atom stereocenters. The Morgan fingerprint density at radius 1 is 1.06 bits per heavy atom. The summed E-state index contributed by atoms with van der Waals surface area (Å²) in [5.41, 5.74) is 1.04. The standard InChI is InChI=1S/C12H11N3O3/c1-13-12(18)14-8-2-4-9(5-3-8)15-10(16)6-7-11(15)17/h2-7H,1H3,(H2,13,14,18). The van der Waals surface area contributed by atoms with Crippen LogP contribution >= 0.6 is 0 Å². The zero-order valence-corrected chi connectivity index (χ0v) is 9.64. The number of imide groups is 1. The van der Waals surface area contributed by atoms with Crippen molar-refractivity contribution < 1.29 is 14.4 Å². The summed E-state index contributed by atoms with van der Waals surface area (Å²) < 4.78 is 0. The topological polar surface area (TPSA) is 78.5 Å². The second-order valence-corrected chi connectivity index (χ2v) is 3.60. The molecule has 0 atom stereocenters. The first kappa shape index (κ1) is 11.8. The third-order valence-electron chi connectivity index (χ3n) is 2.42. The number of nitrogens with zero attached hydrogens (tertiary/aromatic N) is 1. The average Bonchev–Trinajstić information content (AvgIpc) is 2.70. The van der Waals surface area contributed by atoms with Crippen molar-refractivity contribution in [3.8, 4) is 0 Å². The molecule has 1 aliphatic rings. The number of hydrogen-bond acceptors (Lipinski definition) is 3. The SMILES string of the molecule is CNC(=O)Nc1ccc(N2C(=O)C=CC2=O)cc1. The van der Waals surface area contributed by atoms with Gasteiger partial charge >= 0.3 is 6.03 Å². The maximum absolute atomic E-state index is 11.4. The Hall–Kier alpha value is -2.63. The van der Waals surface area contributed by atoms with Crippen molar-refractivity contribution in [3.63, 3.8) is 0 Å². The molecule has 1 heterocycles. The highest BCUT2D eigenvalue weighted by Gasteiger charge is 2.24. The van der Waals surface area contributed by atoms with Crippen LogP contribution in [0.2, 0.25) is 0 Å². The van der Waals surface area contributed by atoms with Crippen LogP contribution < -0.4 is 15.5 Å². The average molecular weight is 245 g/mol. The Kier molecular flexibility index (Phi) is 3.09. The predicted octanol–water partition coefficient (Wildman–Crippen LogP) is 0.867. The van der Waals surface area contributed by atoms with Gasteiger partial charge in [-0.05, 0) is 24.3 Å². The lowest BCUT2D eigenvalue weighted by Gasteiger charge is -2.14. The van der Waals surface area contributed by atoms with E-state index in [0.29, 0.717) is 11.4 Å². The van der Waals surface area contributed by atoms with Gasteiger partial charge in [-0.1, -0.05) is 0 Å². The molecule has 0 aromatic heterocycles. The minimum Gasteiger partial charge on any atom is -0.341 e. The van der Waals surface area contributed by atoms with Crippen LogP contribution in [-0.4, -0.2) is 24.9 Å². The first-order valence-electron chi connectivity index (χ1n) is 5.27. The lowest BCUT2D eigenvalue weighted by molar-refractivity contribution is -0.119. The van der Waals surface area contributed by atoms with Crippen LogP contribution in [0.25, 0.3) is 0 Å². The van der Waals surface area contributed by atoms with Crippen molar-refractivity contribution in [2.24, 2.45) is 0 Å². The minimum absolute atomic E-state index is 0.335. The predicted molar refractivity (Wildman–Crippen MR) is 66.2 cm³/mol. The van der Waals surface area contributed by atoms with Crippen LogP contribution in [0.5, 0.6) is 0 Å². The van der Waals surface area contributed by atoms with Gasteiger partial charge in [0.15, 0.2) is 0 Å². The number of anilines is 2. The lowest BCUT2D eigenvalue weighted by Crippen LogP contribution is -2.29. The molecule has 6 nitrogen and oxygen atoms in total. The quantitative estimate of drug-likeness (QED) is 0.759. The molecule has 6 heteroatoms. The molecule has 0 saturated heterocycles. The van der Waals surface area contributed by atoms with E-state index in [9.17, 15) is 14.4 Å². The summed E-state index contributed by atoms with van der Waals surface area (Å²) in [5.74, 6) is -0.737. The molecule has 2 N–H and O–H groups in total. The van der Waals surface area contributed by atoms with Gasteiger partial charge in [0.05, 0.1) is 5.69 Å². The Balaban J connectivity index is 2.15. The van der Waals surface area contributed by atoms with Gasteiger partial charge in [0.2, 0.25) is 0 Å². The molecular formula is C12H11N3O3. The second kappa shape index (κ2) is 4.70. The number of carbonyl (C=O) groups is 3. The van der Waals surface area contributed by atoms with E-state index in [1.165, 1.54) is 19.2 Å². The Morgan fingerprint density at radius 3 is 2.11 bits per heavy atom. The first-order chi connectivity index (χ1) is 8.61. The number of urea groups is 1. The van der Waals surface area contributed by atoms with E-state index >= 15 is 0 Å². The molecule has 1 aromatic rings. The van der Waals surface area contributed by atoms with Crippen molar-refractivity contribution in [2.75, 3.05) is 17.3 Å². The molecule has 0 bridgehead atoms. The van der Waals surface area contributed by atoms with Gasteiger partial charge in [-0.2, -0.15) is 0 Å². The summed E-state index contributed by atoms with van der Waals surface area (Å²) in [6, 6.07) is 6.08. The van der Waals surface area contributed by atoms with Crippen LogP contribution in [0.4, 0.5) is 16.2 Å². The summed E-state index contributed by atoms with van der Waals surface area (Å²) in [6.07, 6.45) is 2.44. The van der Waals surface area contributed by atoms with Crippen LogP contribution in [0.1, 0.15) is 0 Å². The van der Waals surface area contributed by atoms with E-state index in [1.807, 2.05) is 0 Å². The third kappa shape index (κ3) is 2.22. The third-order valence-corrected chi connectivity index (χ3v) is 2.42. The van der Waals surface area contributed by atoms with Gasteiger partial charge in [-0.25, -0.2) is 9.69 Å². The van der Waals surface area contributed by atoms with Crippen molar-refractivity contribution in [3.05, 3.63) is 36.4 Å². The molecule has 0 fully saturated rings. The summed E-state index contributed by atoms with van der Waals surface area (Å²) in [4.78, 5) is 35.0. The van der Waals surface area contributed by atoms with Crippen LogP contribution in [0.15, 0.2) is 36.4 Å². The number of benzene rings is 1. The highest BCUT2D eigenvalue weighted by atomic mass is 16.2. The van der Waals surface area contributed by atoms with Gasteiger partial charge in [0.25, 0.3) is 11.8 Å². The van der Waals surface area contributed by atoms with E-state index in [1.54, 1.807) is 24.3 Å². The van der Waals surface area contributed by atoms with Crippen molar-refractivity contribution in [1.82, 2.24) is 5.32 Å². The van der Waals surface area contributed by atoms with Crippen molar-refractivity contribution in [1.29, 1.82) is 0 Å². The molecule has 2 rings (SSSR count). The maximum Gasteiger partial charge on any atom is 0.318 e. The van der Waals surface area contributed by atoms with Gasteiger partial charge < -0.3 is 10.6 Å². The number of hydrogen-bond donors (Lipinski definition) is 2. The zero-order valence-electron chi connectivity index (χ0n) is 9.64. The second-order valence-electron chi connectivity index (χ2n) is 3.60. The number of amides is 4. The molecule has 0 spiro atoms. The fourth-order valence-electron chi connectivity index (χ4n) is 1.54. The molecule has 0 aliphatic carbocycles. The first-order valence-corrected chi connectivity index (χ1v) is 5.27. The zero-order chi connectivity index (χ0) is 13.1. The fourth-order valence-corrected chi connectivity index (χ4v) is 1.54. The van der Waals surface area contributed by atoms with Gasteiger partial charge in [-0.3, -0.25) is 9.59 Å². The lowest BCUT2D eigenvalue weighted by atomic mass is 10.2. The number of rotatable bonds is 2. The van der Waals surface area contributed by atoms with E-state index < -0.39 is 0 Å². The normalized spacial score (nSPS) is 13.9. The molecule has 0 saturated carbocycles. The Bertz CT molecular complexity index is 516. The van der Waals surface area contributed by atoms with Crippen molar-refractivity contribution >= 4 is 29.2 Å². The van der Waals surface area contributed by atoms with E-state index in [0.717, 1.165) is 4.90 Å². The Morgan fingerprint density at radius 2 is 1.61 bits per heavy atom. The summed E-state index contributed by atoms with van der Waals surface area (Å²) >= 11 is 0. The van der Waals surface area contributed by atoms with Crippen LogP contribution in [0, 0.1) is 0 Å². The number of nitrogens with one attached hydrogen (secondary N) is 2. The molecule has 92 valence electrons. The number of carbonyl (C=O) groups excluding carboxylic acids is 3. The molecular weight excluding hydrogens is 234 g/mol. The van der Waals surface area contributed by atoms with E-state index in [-0.39, 0.29) is 17.8 Å². The molecule has 4 amide bonds. The maximum atomic E-state index is 11.4. The molecule has 18 heavy (non-hydrogen) atoms. The van der Waals surface area contributed by atoms with Crippen LogP contribution in [0.3, 0.4) is 0 Å². The largest absolute Gasteiger partial charge is 0.341 e. The molecule has 1 aromatic carbocycles. The molecule has 0 radical (unpaired) electrons. The van der Waals surface area contributed by atoms with Gasteiger partial charge in [-0.15, -0.1) is 0 Å². The van der Waals surface area contributed by atoms with Crippen molar-refractivity contribution in [2.45, 2.75) is 0 Å². The highest BCUT2D eigenvalue weighted by Crippen LogP contribution is 2.21. The van der Waals surface area contributed by atoms with Gasteiger partial charge in [0.1, 0.15) is 0 Å². The van der Waals surface area contributed by atoms with E-state index in [4.69, 9.17) is 0 Å². The highest BCUT2D eigenvalue weighted by molar-refractivity contribution is 6.28. The van der Waals surface area contributed by atoms with E-state index in [2.05, 4.69) is 10.6 Å². The fraction of sp³-hybridized carbons (Fsp3) is 0.0833. The Labute approximate surface area is 103 Å². The van der Waals surface area contributed by atoms with Gasteiger partial charge in [0, 0.05) is 24.9 Å². The molecule has 1 aliphatic heterocycles. The minimum atomic E-state index is -0.369. The summed E-state index contributed by atoms with van der Waals surface area (Å²) in [5, 5.41) is 5.00.